The van der Waals surface area contributed by atoms with Gasteiger partial charge in [-0.2, -0.15) is 0 Å². The summed E-state index contributed by atoms with van der Waals surface area (Å²) in [6, 6.07) is 5.23. The van der Waals surface area contributed by atoms with Crippen LogP contribution >= 0.6 is 0 Å². The molecule has 0 fully saturated rings. The number of methoxy groups -OCH3 is 1. The molecule has 1 radical (unpaired) electrons. The molecule has 0 spiro atoms. The average molecular weight is 166 g/mol. The third-order valence-electron chi connectivity index (χ3n) is 1.45. The van der Waals surface area contributed by atoms with Gasteiger partial charge in [-0.1, -0.05) is 0 Å². The fraction of sp³-hybridized carbons (Fsp3) is 0.222. The summed E-state index contributed by atoms with van der Waals surface area (Å²) in [5.74, 6) is 1.31. The van der Waals surface area contributed by atoms with Gasteiger partial charge in [0.05, 0.1) is 13.7 Å². The first-order valence-corrected chi connectivity index (χ1v) is 3.63. The molecule has 1 aromatic rings. The number of hydrogen-bond donors (Lipinski definition) is 1. The van der Waals surface area contributed by atoms with Gasteiger partial charge in [0.25, 0.3) is 0 Å². The molecule has 0 aliphatic heterocycles. The molecule has 1 aromatic carbocycles. The highest BCUT2D eigenvalue weighted by Crippen LogP contribution is 2.28. The van der Waals surface area contributed by atoms with Crippen LogP contribution in [0.4, 0.5) is 5.69 Å². The van der Waals surface area contributed by atoms with Crippen LogP contribution in [0.5, 0.6) is 11.5 Å². The van der Waals surface area contributed by atoms with Crippen molar-refractivity contribution in [2.24, 2.45) is 0 Å². The third-order valence-corrected chi connectivity index (χ3v) is 1.45. The summed E-state index contributed by atoms with van der Waals surface area (Å²) >= 11 is 0. The van der Waals surface area contributed by atoms with Gasteiger partial charge in [0, 0.05) is 11.8 Å². The van der Waals surface area contributed by atoms with Gasteiger partial charge in [-0.3, -0.25) is 0 Å². The lowest BCUT2D eigenvalue weighted by molar-refractivity contribution is 0.325. The Morgan fingerprint density at radius 1 is 1.42 bits per heavy atom. The van der Waals surface area contributed by atoms with Crippen molar-refractivity contribution in [3.63, 3.8) is 0 Å². The molecule has 0 heterocycles. The molecular formula is C9H12NO2. The molecule has 0 atom stereocenters. The zero-order chi connectivity index (χ0) is 8.97. The molecule has 12 heavy (non-hydrogen) atoms. The molecule has 0 aliphatic carbocycles. The summed E-state index contributed by atoms with van der Waals surface area (Å²) < 4.78 is 10.2. The number of nitrogens with two attached hydrogens (primary N) is 1. The largest absolute Gasteiger partial charge is 0.493 e. The van der Waals surface area contributed by atoms with Gasteiger partial charge in [-0.25, -0.2) is 0 Å². The molecule has 1 rings (SSSR count). The second-order valence-electron chi connectivity index (χ2n) is 2.26. The minimum Gasteiger partial charge on any atom is -0.493 e. The molecule has 0 unspecified atom stereocenters. The lowest BCUT2D eigenvalue weighted by Crippen LogP contribution is -1.96. The van der Waals surface area contributed by atoms with Crippen molar-refractivity contribution in [3.05, 3.63) is 25.1 Å². The van der Waals surface area contributed by atoms with Crippen LogP contribution in [0.1, 0.15) is 0 Å². The predicted octanol–water partition coefficient (Wildman–Crippen LogP) is 1.49. The maximum Gasteiger partial charge on any atom is 0.162 e. The molecule has 2 N–H and O–H groups in total. The minimum atomic E-state index is 0.375. The molecule has 0 saturated carbocycles. The van der Waals surface area contributed by atoms with Crippen LogP contribution in [-0.2, 0) is 0 Å². The summed E-state index contributed by atoms with van der Waals surface area (Å²) in [6.07, 6.45) is 0. The minimum absolute atomic E-state index is 0.375. The van der Waals surface area contributed by atoms with E-state index < -0.39 is 0 Å². The van der Waals surface area contributed by atoms with E-state index in [0.29, 0.717) is 23.8 Å². The molecule has 0 saturated heterocycles. The average Bonchev–Trinajstić information content (AvgIpc) is 2.08. The fourth-order valence-corrected chi connectivity index (χ4v) is 0.913. The van der Waals surface area contributed by atoms with Crippen LogP contribution in [-0.4, -0.2) is 13.7 Å². The molecule has 0 aromatic heterocycles. The normalized spacial score (nSPS) is 9.50. The van der Waals surface area contributed by atoms with Gasteiger partial charge in [0.15, 0.2) is 11.5 Å². The van der Waals surface area contributed by atoms with Gasteiger partial charge >= 0.3 is 0 Å². The number of hydrogen-bond acceptors (Lipinski definition) is 3. The third kappa shape index (κ3) is 1.81. The molecule has 0 amide bonds. The van der Waals surface area contributed by atoms with Gasteiger partial charge in [0.1, 0.15) is 0 Å². The first-order valence-electron chi connectivity index (χ1n) is 3.63. The Bertz CT molecular complexity index is 261. The van der Waals surface area contributed by atoms with E-state index in [1.807, 2.05) is 0 Å². The Balaban J connectivity index is 2.94. The van der Waals surface area contributed by atoms with Crippen molar-refractivity contribution in [1.82, 2.24) is 0 Å². The van der Waals surface area contributed by atoms with E-state index in [-0.39, 0.29) is 0 Å². The van der Waals surface area contributed by atoms with E-state index in [1.54, 1.807) is 25.3 Å². The second kappa shape index (κ2) is 3.85. The monoisotopic (exact) mass is 166 g/mol. The van der Waals surface area contributed by atoms with Crippen LogP contribution in [0.25, 0.3) is 0 Å². The van der Waals surface area contributed by atoms with Crippen LogP contribution in [0.3, 0.4) is 0 Å². The van der Waals surface area contributed by atoms with Crippen LogP contribution < -0.4 is 15.2 Å². The lowest BCUT2D eigenvalue weighted by atomic mass is 10.3. The predicted molar refractivity (Wildman–Crippen MR) is 48.3 cm³/mol. The Hall–Kier alpha value is -1.38. The van der Waals surface area contributed by atoms with Crippen molar-refractivity contribution in [2.45, 2.75) is 0 Å². The van der Waals surface area contributed by atoms with Gasteiger partial charge in [-0.05, 0) is 19.1 Å². The first kappa shape index (κ1) is 8.71. The Morgan fingerprint density at radius 3 is 2.75 bits per heavy atom. The van der Waals surface area contributed by atoms with Crippen LogP contribution in [0.15, 0.2) is 18.2 Å². The maximum absolute atomic E-state index is 5.55. The first-order chi connectivity index (χ1) is 5.77. The number of nitrogen functional groups attached to an aromatic ring is 1. The molecule has 3 nitrogen and oxygen atoms in total. The zero-order valence-corrected chi connectivity index (χ0v) is 7.04. The maximum atomic E-state index is 5.55. The van der Waals surface area contributed by atoms with E-state index >= 15 is 0 Å². The number of anilines is 1. The molecular weight excluding hydrogens is 154 g/mol. The Morgan fingerprint density at radius 2 is 2.17 bits per heavy atom. The molecule has 3 heteroatoms. The van der Waals surface area contributed by atoms with Crippen molar-refractivity contribution < 1.29 is 9.47 Å². The highest BCUT2D eigenvalue weighted by atomic mass is 16.5. The second-order valence-corrected chi connectivity index (χ2v) is 2.26. The van der Waals surface area contributed by atoms with Crippen molar-refractivity contribution in [1.29, 1.82) is 0 Å². The Labute approximate surface area is 72.1 Å². The van der Waals surface area contributed by atoms with Gasteiger partial charge < -0.3 is 15.2 Å². The summed E-state index contributed by atoms with van der Waals surface area (Å²) in [6.45, 7) is 3.95. The van der Waals surface area contributed by atoms with E-state index in [1.165, 1.54) is 0 Å². The topological polar surface area (TPSA) is 44.5 Å². The van der Waals surface area contributed by atoms with E-state index in [9.17, 15) is 0 Å². The van der Waals surface area contributed by atoms with Crippen molar-refractivity contribution in [3.8, 4) is 11.5 Å². The SMILES string of the molecule is [CH2]COc1ccc(N)cc1OC. The van der Waals surface area contributed by atoms with Crippen molar-refractivity contribution >= 4 is 5.69 Å². The van der Waals surface area contributed by atoms with Crippen molar-refractivity contribution in [2.75, 3.05) is 19.5 Å². The van der Waals surface area contributed by atoms with Gasteiger partial charge in [0.2, 0.25) is 0 Å². The van der Waals surface area contributed by atoms with E-state index in [0.717, 1.165) is 0 Å². The molecule has 65 valence electrons. The van der Waals surface area contributed by atoms with Gasteiger partial charge in [-0.15, -0.1) is 0 Å². The number of benzene rings is 1. The summed E-state index contributed by atoms with van der Waals surface area (Å²) in [5, 5.41) is 0. The highest BCUT2D eigenvalue weighted by Gasteiger charge is 2.02. The summed E-state index contributed by atoms with van der Waals surface area (Å²) in [5.41, 5.74) is 6.20. The molecule has 0 aliphatic rings. The van der Waals surface area contributed by atoms with E-state index in [2.05, 4.69) is 6.92 Å². The fourth-order valence-electron chi connectivity index (χ4n) is 0.913. The number of rotatable bonds is 3. The quantitative estimate of drug-likeness (QED) is 0.692. The van der Waals surface area contributed by atoms with Crippen LogP contribution in [0.2, 0.25) is 0 Å². The zero-order valence-electron chi connectivity index (χ0n) is 7.04. The smallest absolute Gasteiger partial charge is 0.162 e. The highest BCUT2D eigenvalue weighted by molar-refractivity contribution is 5.51. The van der Waals surface area contributed by atoms with Crippen LogP contribution in [0, 0.1) is 6.92 Å². The lowest BCUT2D eigenvalue weighted by Gasteiger charge is -2.08. The summed E-state index contributed by atoms with van der Waals surface area (Å²) in [7, 11) is 1.57. The standard InChI is InChI=1S/C9H12NO2/c1-3-12-8-5-4-7(10)6-9(8)11-2/h4-6H,1,3,10H2,2H3. The molecule has 0 bridgehead atoms. The number of ether oxygens (including phenoxy) is 2. The summed E-state index contributed by atoms with van der Waals surface area (Å²) in [4.78, 5) is 0. The van der Waals surface area contributed by atoms with E-state index in [4.69, 9.17) is 15.2 Å². The Kier molecular flexibility index (Phi) is 2.80.